The highest BCUT2D eigenvalue weighted by atomic mass is 35.5. The Labute approximate surface area is 116 Å². The molecule has 0 aliphatic heterocycles. The van der Waals surface area contributed by atoms with Gasteiger partial charge in [0.05, 0.1) is 18.7 Å². The standard InChI is InChI=1S/C13H16ClN3O2/c1-4-18-10-6-8-9(7-11(10)19-5-2)16-13(14)17-12(8)15-3/h6-7H,4-5H2,1-3H3,(H,15,16,17). The average Bonchev–Trinajstić information content (AvgIpc) is 2.39. The smallest absolute Gasteiger partial charge is 0.224 e. The van der Waals surface area contributed by atoms with Gasteiger partial charge in [-0.25, -0.2) is 9.97 Å². The van der Waals surface area contributed by atoms with Crippen molar-refractivity contribution in [1.29, 1.82) is 0 Å². The van der Waals surface area contributed by atoms with Crippen LogP contribution in [-0.4, -0.2) is 30.2 Å². The van der Waals surface area contributed by atoms with Crippen molar-refractivity contribution in [1.82, 2.24) is 9.97 Å². The number of nitrogens with one attached hydrogen (secondary N) is 1. The van der Waals surface area contributed by atoms with Gasteiger partial charge in [-0.15, -0.1) is 0 Å². The van der Waals surface area contributed by atoms with Crippen LogP contribution in [0.4, 0.5) is 5.82 Å². The lowest BCUT2D eigenvalue weighted by Crippen LogP contribution is -2.01. The van der Waals surface area contributed by atoms with E-state index in [1.165, 1.54) is 0 Å². The first-order chi connectivity index (χ1) is 9.19. The Bertz CT molecular complexity index is 590. The van der Waals surface area contributed by atoms with Crippen molar-refractivity contribution in [3.63, 3.8) is 0 Å². The zero-order valence-electron chi connectivity index (χ0n) is 11.2. The molecule has 0 aliphatic carbocycles. The summed E-state index contributed by atoms with van der Waals surface area (Å²) >= 11 is 5.90. The van der Waals surface area contributed by atoms with Gasteiger partial charge in [0.2, 0.25) is 5.28 Å². The summed E-state index contributed by atoms with van der Waals surface area (Å²) in [4.78, 5) is 8.35. The first kappa shape index (κ1) is 13.7. The van der Waals surface area contributed by atoms with Crippen molar-refractivity contribution >= 4 is 28.3 Å². The molecule has 0 unspecified atom stereocenters. The molecular weight excluding hydrogens is 266 g/mol. The number of fused-ring (bicyclic) bond motifs is 1. The van der Waals surface area contributed by atoms with Gasteiger partial charge in [0.1, 0.15) is 5.82 Å². The molecule has 102 valence electrons. The van der Waals surface area contributed by atoms with Gasteiger partial charge in [0, 0.05) is 18.5 Å². The number of benzene rings is 1. The van der Waals surface area contributed by atoms with Crippen molar-refractivity contribution in [2.75, 3.05) is 25.6 Å². The molecule has 19 heavy (non-hydrogen) atoms. The number of halogens is 1. The summed E-state index contributed by atoms with van der Waals surface area (Å²) in [6.07, 6.45) is 0. The molecule has 1 aromatic carbocycles. The summed E-state index contributed by atoms with van der Waals surface area (Å²) < 4.78 is 11.1. The maximum atomic E-state index is 5.90. The van der Waals surface area contributed by atoms with Crippen molar-refractivity contribution < 1.29 is 9.47 Å². The fraction of sp³-hybridized carbons (Fsp3) is 0.385. The maximum absolute atomic E-state index is 5.90. The van der Waals surface area contributed by atoms with Gasteiger partial charge in [-0.05, 0) is 31.5 Å². The fourth-order valence-corrected chi connectivity index (χ4v) is 2.01. The second-order valence-corrected chi connectivity index (χ2v) is 4.11. The van der Waals surface area contributed by atoms with E-state index in [-0.39, 0.29) is 5.28 Å². The van der Waals surface area contributed by atoms with E-state index >= 15 is 0 Å². The minimum Gasteiger partial charge on any atom is -0.490 e. The Morgan fingerprint density at radius 3 is 2.32 bits per heavy atom. The van der Waals surface area contributed by atoms with Gasteiger partial charge < -0.3 is 14.8 Å². The van der Waals surface area contributed by atoms with E-state index in [4.69, 9.17) is 21.1 Å². The summed E-state index contributed by atoms with van der Waals surface area (Å²) in [6.45, 7) is 4.97. The molecule has 0 saturated heterocycles. The van der Waals surface area contributed by atoms with Crippen LogP contribution in [0.2, 0.25) is 5.28 Å². The normalized spacial score (nSPS) is 10.5. The number of hydrogen-bond donors (Lipinski definition) is 1. The molecule has 0 atom stereocenters. The van der Waals surface area contributed by atoms with E-state index < -0.39 is 0 Å². The zero-order valence-corrected chi connectivity index (χ0v) is 11.9. The van der Waals surface area contributed by atoms with Crippen LogP contribution in [0.3, 0.4) is 0 Å². The van der Waals surface area contributed by atoms with Gasteiger partial charge in [-0.3, -0.25) is 0 Å². The summed E-state index contributed by atoms with van der Waals surface area (Å²) in [5.74, 6) is 2.01. The molecule has 1 heterocycles. The number of ether oxygens (including phenoxy) is 2. The van der Waals surface area contributed by atoms with Gasteiger partial charge in [0.15, 0.2) is 11.5 Å². The van der Waals surface area contributed by atoms with Crippen molar-refractivity contribution in [3.8, 4) is 11.5 Å². The molecule has 2 rings (SSSR count). The van der Waals surface area contributed by atoms with Gasteiger partial charge in [-0.1, -0.05) is 0 Å². The lowest BCUT2D eigenvalue weighted by molar-refractivity contribution is 0.288. The molecule has 0 fully saturated rings. The van der Waals surface area contributed by atoms with Crippen LogP contribution in [0.5, 0.6) is 11.5 Å². The quantitative estimate of drug-likeness (QED) is 0.854. The van der Waals surface area contributed by atoms with Crippen LogP contribution in [-0.2, 0) is 0 Å². The molecule has 2 aromatic rings. The third kappa shape index (κ3) is 2.81. The van der Waals surface area contributed by atoms with Crippen LogP contribution >= 0.6 is 11.6 Å². The van der Waals surface area contributed by atoms with Crippen LogP contribution in [0.25, 0.3) is 10.9 Å². The van der Waals surface area contributed by atoms with Crippen LogP contribution < -0.4 is 14.8 Å². The van der Waals surface area contributed by atoms with Gasteiger partial charge in [-0.2, -0.15) is 0 Å². The van der Waals surface area contributed by atoms with Crippen molar-refractivity contribution in [3.05, 3.63) is 17.4 Å². The van der Waals surface area contributed by atoms with E-state index in [9.17, 15) is 0 Å². The Balaban J connectivity index is 2.65. The lowest BCUT2D eigenvalue weighted by Gasteiger charge is -2.13. The summed E-state index contributed by atoms with van der Waals surface area (Å²) in [5, 5.41) is 4.04. The molecule has 1 aromatic heterocycles. The van der Waals surface area contributed by atoms with Crippen LogP contribution in [0.1, 0.15) is 13.8 Å². The molecule has 0 aliphatic rings. The third-order valence-corrected chi connectivity index (χ3v) is 2.74. The maximum Gasteiger partial charge on any atom is 0.224 e. The second-order valence-electron chi connectivity index (χ2n) is 3.77. The highest BCUT2D eigenvalue weighted by Crippen LogP contribution is 2.34. The number of nitrogens with zero attached hydrogens (tertiary/aromatic N) is 2. The molecule has 0 radical (unpaired) electrons. The predicted molar refractivity (Wildman–Crippen MR) is 76.4 cm³/mol. The summed E-state index contributed by atoms with van der Waals surface area (Å²) in [7, 11) is 1.79. The van der Waals surface area contributed by atoms with Gasteiger partial charge >= 0.3 is 0 Å². The Hall–Kier alpha value is -1.75. The molecule has 0 saturated carbocycles. The predicted octanol–water partition coefficient (Wildman–Crippen LogP) is 3.12. The molecule has 6 heteroatoms. The molecule has 1 N–H and O–H groups in total. The third-order valence-electron chi connectivity index (χ3n) is 2.57. The highest BCUT2D eigenvalue weighted by molar-refractivity contribution is 6.28. The number of aromatic nitrogens is 2. The first-order valence-electron chi connectivity index (χ1n) is 6.14. The Morgan fingerprint density at radius 2 is 1.74 bits per heavy atom. The Morgan fingerprint density at radius 1 is 1.11 bits per heavy atom. The summed E-state index contributed by atoms with van der Waals surface area (Å²) in [5.41, 5.74) is 0.719. The SMILES string of the molecule is CCOc1cc2nc(Cl)nc(NC)c2cc1OCC. The Kier molecular flexibility index (Phi) is 4.27. The van der Waals surface area contributed by atoms with E-state index in [2.05, 4.69) is 15.3 Å². The monoisotopic (exact) mass is 281 g/mol. The average molecular weight is 282 g/mol. The van der Waals surface area contributed by atoms with Crippen LogP contribution in [0.15, 0.2) is 12.1 Å². The molecular formula is C13H16ClN3O2. The van der Waals surface area contributed by atoms with Crippen molar-refractivity contribution in [2.24, 2.45) is 0 Å². The largest absolute Gasteiger partial charge is 0.490 e. The fourth-order valence-electron chi connectivity index (χ4n) is 1.84. The van der Waals surface area contributed by atoms with E-state index in [1.54, 1.807) is 7.05 Å². The molecule has 0 bridgehead atoms. The van der Waals surface area contributed by atoms with E-state index in [0.717, 1.165) is 10.9 Å². The minimum atomic E-state index is 0.198. The second kappa shape index (κ2) is 5.93. The topological polar surface area (TPSA) is 56.3 Å². The van der Waals surface area contributed by atoms with Gasteiger partial charge in [0.25, 0.3) is 0 Å². The number of hydrogen-bond acceptors (Lipinski definition) is 5. The van der Waals surface area contributed by atoms with Crippen LogP contribution in [0, 0.1) is 0 Å². The molecule has 0 amide bonds. The summed E-state index contributed by atoms with van der Waals surface area (Å²) in [6, 6.07) is 3.68. The minimum absolute atomic E-state index is 0.198. The zero-order chi connectivity index (χ0) is 13.8. The number of anilines is 1. The lowest BCUT2D eigenvalue weighted by atomic mass is 10.2. The molecule has 5 nitrogen and oxygen atoms in total. The van der Waals surface area contributed by atoms with E-state index in [1.807, 2.05) is 26.0 Å². The first-order valence-corrected chi connectivity index (χ1v) is 6.52. The van der Waals surface area contributed by atoms with E-state index in [0.29, 0.717) is 30.5 Å². The highest BCUT2D eigenvalue weighted by Gasteiger charge is 2.12. The van der Waals surface area contributed by atoms with Crippen molar-refractivity contribution in [2.45, 2.75) is 13.8 Å². The molecule has 0 spiro atoms. The number of rotatable bonds is 5.